The average Bonchev–Trinajstić information content (AvgIpc) is 2.51. The molecule has 1 rings (SSSR count). The van der Waals surface area contributed by atoms with Crippen LogP contribution in [0, 0.1) is 5.92 Å². The van der Waals surface area contributed by atoms with Gasteiger partial charge in [0, 0.05) is 18.2 Å². The summed E-state index contributed by atoms with van der Waals surface area (Å²) >= 11 is 0. The standard InChI is InChI=1S/C15H21N3O4/c1-10(4-3-9-17-15(16)21)13(19)18-12-7-5-11(6-8-12)14(20)22-2/h5-8,10H,3-4,9H2,1-2H3,(H,18,19)(H3,16,17,21)/t10-/m0/s1. The molecule has 7 nitrogen and oxygen atoms in total. The first-order chi connectivity index (χ1) is 10.4. The molecule has 3 amide bonds. The van der Waals surface area contributed by atoms with E-state index in [1.807, 2.05) is 6.92 Å². The lowest BCUT2D eigenvalue weighted by atomic mass is 10.0. The predicted molar refractivity (Wildman–Crippen MR) is 82.4 cm³/mol. The van der Waals surface area contributed by atoms with E-state index in [0.29, 0.717) is 30.6 Å². The van der Waals surface area contributed by atoms with Crippen LogP contribution in [0.4, 0.5) is 10.5 Å². The van der Waals surface area contributed by atoms with Gasteiger partial charge in [-0.05, 0) is 37.1 Å². The summed E-state index contributed by atoms with van der Waals surface area (Å²) < 4.78 is 4.60. The number of esters is 1. The number of nitrogens with two attached hydrogens (primary N) is 1. The first-order valence-electron chi connectivity index (χ1n) is 6.96. The molecule has 0 unspecified atom stereocenters. The third-order valence-electron chi connectivity index (χ3n) is 3.13. The van der Waals surface area contributed by atoms with Crippen molar-refractivity contribution in [1.82, 2.24) is 5.32 Å². The van der Waals surface area contributed by atoms with Crippen LogP contribution in [0.3, 0.4) is 0 Å². The van der Waals surface area contributed by atoms with E-state index in [9.17, 15) is 14.4 Å². The van der Waals surface area contributed by atoms with E-state index in [0.717, 1.165) is 0 Å². The zero-order valence-corrected chi connectivity index (χ0v) is 12.7. The molecule has 1 atom stereocenters. The summed E-state index contributed by atoms with van der Waals surface area (Å²) in [6.45, 7) is 2.25. The van der Waals surface area contributed by atoms with E-state index in [2.05, 4.69) is 15.4 Å². The lowest BCUT2D eigenvalue weighted by Crippen LogP contribution is -2.30. The van der Waals surface area contributed by atoms with Gasteiger partial charge in [-0.1, -0.05) is 6.92 Å². The molecule has 7 heteroatoms. The summed E-state index contributed by atoms with van der Waals surface area (Å²) in [7, 11) is 1.31. The number of hydrogen-bond acceptors (Lipinski definition) is 4. The van der Waals surface area contributed by atoms with Crippen LogP contribution in [-0.2, 0) is 9.53 Å². The largest absolute Gasteiger partial charge is 0.465 e. The SMILES string of the molecule is COC(=O)c1ccc(NC(=O)[C@@H](C)CCCNC(N)=O)cc1. The monoisotopic (exact) mass is 307 g/mol. The minimum atomic E-state index is -0.567. The van der Waals surface area contributed by atoms with Crippen molar-refractivity contribution >= 4 is 23.6 Å². The van der Waals surface area contributed by atoms with Gasteiger partial charge < -0.3 is 21.1 Å². The van der Waals surface area contributed by atoms with Crippen LogP contribution >= 0.6 is 0 Å². The number of hydrogen-bond donors (Lipinski definition) is 3. The predicted octanol–water partition coefficient (Wildman–Crippen LogP) is 1.50. The maximum Gasteiger partial charge on any atom is 0.337 e. The molecule has 0 aromatic heterocycles. The van der Waals surface area contributed by atoms with Gasteiger partial charge >= 0.3 is 12.0 Å². The van der Waals surface area contributed by atoms with Crippen molar-refractivity contribution in [3.63, 3.8) is 0 Å². The number of anilines is 1. The van der Waals surface area contributed by atoms with Crippen LogP contribution in [0.15, 0.2) is 24.3 Å². The normalized spacial score (nSPS) is 11.4. The van der Waals surface area contributed by atoms with Crippen LogP contribution in [0.5, 0.6) is 0 Å². The van der Waals surface area contributed by atoms with Gasteiger partial charge in [-0.2, -0.15) is 0 Å². The molecule has 0 saturated heterocycles. The second-order valence-corrected chi connectivity index (χ2v) is 4.89. The second kappa shape index (κ2) is 8.66. The van der Waals surface area contributed by atoms with Gasteiger partial charge in [0.15, 0.2) is 0 Å². The Bertz CT molecular complexity index is 528. The molecule has 0 spiro atoms. The van der Waals surface area contributed by atoms with Crippen LogP contribution < -0.4 is 16.4 Å². The summed E-state index contributed by atoms with van der Waals surface area (Å²) in [5.74, 6) is -0.743. The van der Waals surface area contributed by atoms with E-state index in [1.54, 1.807) is 24.3 Å². The maximum absolute atomic E-state index is 12.0. The highest BCUT2D eigenvalue weighted by Gasteiger charge is 2.13. The Morgan fingerprint density at radius 3 is 2.41 bits per heavy atom. The summed E-state index contributed by atoms with van der Waals surface area (Å²) in [6, 6.07) is 5.89. The fourth-order valence-corrected chi connectivity index (χ4v) is 1.82. The number of ether oxygens (including phenoxy) is 1. The smallest absolute Gasteiger partial charge is 0.337 e. The first-order valence-corrected chi connectivity index (χ1v) is 6.96. The van der Waals surface area contributed by atoms with Gasteiger partial charge in [-0.15, -0.1) is 0 Å². The number of rotatable bonds is 7. The highest BCUT2D eigenvalue weighted by Crippen LogP contribution is 2.13. The maximum atomic E-state index is 12.0. The van der Waals surface area contributed by atoms with Crippen LogP contribution in [-0.4, -0.2) is 31.6 Å². The van der Waals surface area contributed by atoms with E-state index < -0.39 is 12.0 Å². The summed E-state index contributed by atoms with van der Waals surface area (Å²) in [5, 5.41) is 5.25. The van der Waals surface area contributed by atoms with Crippen LogP contribution in [0.2, 0.25) is 0 Å². The van der Waals surface area contributed by atoms with Crippen LogP contribution in [0.1, 0.15) is 30.1 Å². The summed E-state index contributed by atoms with van der Waals surface area (Å²) in [4.78, 5) is 33.8. The number of carbonyl (C=O) groups excluding carboxylic acids is 3. The van der Waals surface area contributed by atoms with Crippen molar-refractivity contribution in [2.24, 2.45) is 11.7 Å². The van der Waals surface area contributed by atoms with Gasteiger partial charge in [-0.25, -0.2) is 9.59 Å². The Hall–Kier alpha value is -2.57. The number of methoxy groups -OCH3 is 1. The van der Waals surface area contributed by atoms with Gasteiger partial charge in [0.1, 0.15) is 0 Å². The quantitative estimate of drug-likeness (QED) is 0.523. The Balaban J connectivity index is 2.43. The van der Waals surface area contributed by atoms with E-state index in [4.69, 9.17) is 5.73 Å². The molecule has 0 bridgehead atoms. The molecule has 0 heterocycles. The molecule has 0 aliphatic rings. The molecule has 0 aliphatic heterocycles. The molecule has 4 N–H and O–H groups in total. The molecule has 0 fully saturated rings. The van der Waals surface area contributed by atoms with Crippen molar-refractivity contribution in [2.75, 3.05) is 19.0 Å². The van der Waals surface area contributed by atoms with Crippen molar-refractivity contribution in [1.29, 1.82) is 0 Å². The Kier molecular flexibility index (Phi) is 6.88. The van der Waals surface area contributed by atoms with Crippen molar-refractivity contribution < 1.29 is 19.1 Å². The molecule has 0 aliphatic carbocycles. The fraction of sp³-hybridized carbons (Fsp3) is 0.400. The third-order valence-corrected chi connectivity index (χ3v) is 3.13. The van der Waals surface area contributed by atoms with E-state index in [1.165, 1.54) is 7.11 Å². The number of benzene rings is 1. The molecule has 1 aromatic carbocycles. The Labute approximate surface area is 129 Å². The highest BCUT2D eigenvalue weighted by atomic mass is 16.5. The number of nitrogens with one attached hydrogen (secondary N) is 2. The molecular formula is C15H21N3O4. The van der Waals surface area contributed by atoms with Gasteiger partial charge in [0.25, 0.3) is 0 Å². The molecule has 120 valence electrons. The zero-order valence-electron chi connectivity index (χ0n) is 12.7. The summed E-state index contributed by atoms with van der Waals surface area (Å²) in [6.07, 6.45) is 1.30. The molecule has 1 aromatic rings. The van der Waals surface area contributed by atoms with Gasteiger partial charge in [0.2, 0.25) is 5.91 Å². The summed E-state index contributed by atoms with van der Waals surface area (Å²) in [5.41, 5.74) is 5.99. The number of carbonyl (C=O) groups is 3. The number of primary amides is 1. The molecule has 22 heavy (non-hydrogen) atoms. The lowest BCUT2D eigenvalue weighted by molar-refractivity contribution is -0.119. The topological polar surface area (TPSA) is 111 Å². The lowest BCUT2D eigenvalue weighted by Gasteiger charge is -2.12. The van der Waals surface area contributed by atoms with Crippen molar-refractivity contribution in [3.8, 4) is 0 Å². The minimum Gasteiger partial charge on any atom is -0.465 e. The number of urea groups is 1. The Morgan fingerprint density at radius 1 is 1.23 bits per heavy atom. The zero-order chi connectivity index (χ0) is 16.5. The highest BCUT2D eigenvalue weighted by molar-refractivity contribution is 5.94. The molecular weight excluding hydrogens is 286 g/mol. The average molecular weight is 307 g/mol. The van der Waals surface area contributed by atoms with Gasteiger partial charge in [0.05, 0.1) is 12.7 Å². The van der Waals surface area contributed by atoms with Crippen molar-refractivity contribution in [2.45, 2.75) is 19.8 Å². The minimum absolute atomic E-state index is 0.120. The van der Waals surface area contributed by atoms with Gasteiger partial charge in [-0.3, -0.25) is 4.79 Å². The third kappa shape index (κ3) is 5.82. The molecule has 0 radical (unpaired) electrons. The molecule has 0 saturated carbocycles. The fourth-order valence-electron chi connectivity index (χ4n) is 1.82. The first kappa shape index (κ1) is 17.5. The van der Waals surface area contributed by atoms with Crippen molar-refractivity contribution in [3.05, 3.63) is 29.8 Å². The Morgan fingerprint density at radius 2 is 1.86 bits per heavy atom. The van der Waals surface area contributed by atoms with Crippen LogP contribution in [0.25, 0.3) is 0 Å². The van der Waals surface area contributed by atoms with E-state index in [-0.39, 0.29) is 11.8 Å². The number of amides is 3. The van der Waals surface area contributed by atoms with E-state index >= 15 is 0 Å². The second-order valence-electron chi connectivity index (χ2n) is 4.89.